The molecule has 0 aliphatic rings. The van der Waals surface area contributed by atoms with Gasteiger partial charge in [-0.05, 0) is 25.5 Å². The summed E-state index contributed by atoms with van der Waals surface area (Å²) in [6.45, 7) is 8.38. The Morgan fingerprint density at radius 3 is 2.42 bits per heavy atom. The lowest BCUT2D eigenvalue weighted by molar-refractivity contribution is 0.270. The van der Waals surface area contributed by atoms with E-state index < -0.39 is 0 Å². The van der Waals surface area contributed by atoms with Gasteiger partial charge in [-0.3, -0.25) is 0 Å². The smallest absolute Gasteiger partial charge is 0.0431 e. The van der Waals surface area contributed by atoms with Gasteiger partial charge >= 0.3 is 0 Å². The fraction of sp³-hybridized carbons (Fsp3) is 0.800. The van der Waals surface area contributed by atoms with Gasteiger partial charge in [0.1, 0.15) is 0 Å². The van der Waals surface area contributed by atoms with Crippen molar-refractivity contribution in [3.63, 3.8) is 0 Å². The van der Waals surface area contributed by atoms with Gasteiger partial charge in [0.05, 0.1) is 0 Å². The predicted molar refractivity (Wildman–Crippen MR) is 53.0 cm³/mol. The van der Waals surface area contributed by atoms with Gasteiger partial charge in [0.2, 0.25) is 0 Å². The maximum Gasteiger partial charge on any atom is 0.0431 e. The lowest BCUT2D eigenvalue weighted by atomic mass is 10.3. The van der Waals surface area contributed by atoms with Crippen molar-refractivity contribution in [1.82, 2.24) is 4.90 Å². The van der Waals surface area contributed by atoms with Crippen LogP contribution in [0.1, 0.15) is 32.6 Å². The molecule has 0 atom stereocenters. The summed E-state index contributed by atoms with van der Waals surface area (Å²) in [5.74, 6) is 0. The Morgan fingerprint density at radius 2 is 1.92 bits per heavy atom. The molecule has 0 fully saturated rings. The number of unbranched alkanes of at least 4 members (excludes halogenated alkanes) is 2. The number of hydrogen-bond acceptors (Lipinski definition) is 2. The maximum absolute atomic E-state index is 8.58. The zero-order valence-corrected chi connectivity index (χ0v) is 8.13. The third-order valence-corrected chi connectivity index (χ3v) is 1.91. The quantitative estimate of drug-likeness (QED) is 0.565. The fourth-order valence-electron chi connectivity index (χ4n) is 1.08. The second-order valence-corrected chi connectivity index (χ2v) is 3.00. The minimum atomic E-state index is 0.304. The molecular weight excluding hydrogens is 150 g/mol. The lowest BCUT2D eigenvalue weighted by Gasteiger charge is -2.18. The average molecular weight is 171 g/mol. The van der Waals surface area contributed by atoms with Gasteiger partial charge in [0, 0.05) is 19.7 Å². The lowest BCUT2D eigenvalue weighted by Crippen LogP contribution is -2.19. The van der Waals surface area contributed by atoms with E-state index in [4.69, 9.17) is 5.11 Å². The SMILES string of the molecule is C=CN(CCCC)CCCCO. The van der Waals surface area contributed by atoms with Crippen LogP contribution in [0.15, 0.2) is 12.8 Å². The zero-order chi connectivity index (χ0) is 9.23. The summed E-state index contributed by atoms with van der Waals surface area (Å²) >= 11 is 0. The predicted octanol–water partition coefficient (Wildman–Crippen LogP) is 2.00. The van der Waals surface area contributed by atoms with Crippen LogP contribution >= 0.6 is 0 Å². The van der Waals surface area contributed by atoms with Crippen LogP contribution in [0, 0.1) is 0 Å². The third kappa shape index (κ3) is 6.23. The van der Waals surface area contributed by atoms with Gasteiger partial charge in [-0.25, -0.2) is 0 Å². The van der Waals surface area contributed by atoms with Crippen LogP contribution in [0.3, 0.4) is 0 Å². The Hall–Kier alpha value is -0.500. The van der Waals surface area contributed by atoms with Crippen LogP contribution in [-0.4, -0.2) is 29.7 Å². The second kappa shape index (κ2) is 8.60. The summed E-state index contributed by atoms with van der Waals surface area (Å²) in [5, 5.41) is 8.58. The van der Waals surface area contributed by atoms with Gasteiger partial charge < -0.3 is 10.0 Å². The molecule has 0 aromatic rings. The highest BCUT2D eigenvalue weighted by atomic mass is 16.2. The van der Waals surface area contributed by atoms with Crippen molar-refractivity contribution in [2.45, 2.75) is 32.6 Å². The summed E-state index contributed by atoms with van der Waals surface area (Å²) in [5.41, 5.74) is 0. The number of nitrogens with zero attached hydrogens (tertiary/aromatic N) is 1. The highest BCUT2D eigenvalue weighted by molar-refractivity contribution is 4.70. The van der Waals surface area contributed by atoms with Gasteiger partial charge in [-0.1, -0.05) is 19.9 Å². The monoisotopic (exact) mass is 171 g/mol. The van der Waals surface area contributed by atoms with E-state index in [0.29, 0.717) is 6.61 Å². The highest BCUT2D eigenvalue weighted by Crippen LogP contribution is 1.98. The molecule has 0 unspecified atom stereocenters. The molecule has 1 N–H and O–H groups in total. The summed E-state index contributed by atoms with van der Waals surface area (Å²) in [6.07, 6.45) is 6.31. The van der Waals surface area contributed by atoms with Crippen LogP contribution in [-0.2, 0) is 0 Å². The summed E-state index contributed by atoms with van der Waals surface area (Å²) in [7, 11) is 0. The summed E-state index contributed by atoms with van der Waals surface area (Å²) in [4.78, 5) is 2.22. The molecule has 0 bridgehead atoms. The molecule has 0 aliphatic heterocycles. The minimum absolute atomic E-state index is 0.304. The first kappa shape index (κ1) is 11.5. The van der Waals surface area contributed by atoms with E-state index >= 15 is 0 Å². The van der Waals surface area contributed by atoms with Gasteiger partial charge in [0.25, 0.3) is 0 Å². The van der Waals surface area contributed by atoms with E-state index in [1.54, 1.807) is 0 Å². The van der Waals surface area contributed by atoms with Crippen molar-refractivity contribution in [2.75, 3.05) is 19.7 Å². The van der Waals surface area contributed by atoms with E-state index in [0.717, 1.165) is 25.9 Å². The molecule has 2 heteroatoms. The summed E-state index contributed by atoms with van der Waals surface area (Å²) in [6, 6.07) is 0. The molecule has 0 spiro atoms. The van der Waals surface area contributed by atoms with Gasteiger partial charge in [-0.2, -0.15) is 0 Å². The molecule has 0 aromatic carbocycles. The average Bonchev–Trinajstić information content (AvgIpc) is 2.11. The first-order valence-corrected chi connectivity index (χ1v) is 4.82. The number of rotatable bonds is 8. The molecule has 72 valence electrons. The fourth-order valence-corrected chi connectivity index (χ4v) is 1.08. The molecule has 0 saturated carbocycles. The molecule has 0 amide bonds. The van der Waals surface area contributed by atoms with Crippen LogP contribution in [0.2, 0.25) is 0 Å². The Labute approximate surface area is 75.9 Å². The molecule has 12 heavy (non-hydrogen) atoms. The third-order valence-electron chi connectivity index (χ3n) is 1.91. The molecule has 2 nitrogen and oxygen atoms in total. The topological polar surface area (TPSA) is 23.5 Å². The number of aliphatic hydroxyl groups excluding tert-OH is 1. The molecule has 0 heterocycles. The van der Waals surface area contributed by atoms with E-state index in [1.165, 1.54) is 12.8 Å². The Balaban J connectivity index is 3.32. The van der Waals surface area contributed by atoms with E-state index in [9.17, 15) is 0 Å². The van der Waals surface area contributed by atoms with Crippen molar-refractivity contribution in [3.8, 4) is 0 Å². The minimum Gasteiger partial charge on any atom is -0.396 e. The number of aliphatic hydroxyl groups is 1. The van der Waals surface area contributed by atoms with Crippen LogP contribution in [0.25, 0.3) is 0 Å². The molecule has 0 rings (SSSR count). The van der Waals surface area contributed by atoms with Gasteiger partial charge in [-0.15, -0.1) is 0 Å². The Bertz CT molecular complexity index is 104. The van der Waals surface area contributed by atoms with Crippen molar-refractivity contribution in [1.29, 1.82) is 0 Å². The Kier molecular flexibility index (Phi) is 8.24. The van der Waals surface area contributed by atoms with Crippen LogP contribution < -0.4 is 0 Å². The largest absolute Gasteiger partial charge is 0.396 e. The van der Waals surface area contributed by atoms with Gasteiger partial charge in [0.15, 0.2) is 0 Å². The molecule has 0 radical (unpaired) electrons. The van der Waals surface area contributed by atoms with Crippen molar-refractivity contribution >= 4 is 0 Å². The standard InChI is InChI=1S/C10H21NO/c1-3-5-8-11(4-2)9-6-7-10-12/h4,12H,2-3,5-10H2,1H3. The summed E-state index contributed by atoms with van der Waals surface area (Å²) < 4.78 is 0. The van der Waals surface area contributed by atoms with Crippen LogP contribution in [0.5, 0.6) is 0 Å². The molecule has 0 aliphatic carbocycles. The van der Waals surface area contributed by atoms with Crippen molar-refractivity contribution in [3.05, 3.63) is 12.8 Å². The normalized spacial score (nSPS) is 9.83. The second-order valence-electron chi connectivity index (χ2n) is 3.00. The number of hydrogen-bond donors (Lipinski definition) is 1. The first-order chi connectivity index (χ1) is 5.85. The molecule has 0 saturated heterocycles. The highest BCUT2D eigenvalue weighted by Gasteiger charge is 1.96. The Morgan fingerprint density at radius 1 is 1.25 bits per heavy atom. The van der Waals surface area contributed by atoms with E-state index in [-0.39, 0.29) is 0 Å². The molecular formula is C10H21NO. The van der Waals surface area contributed by atoms with Crippen LogP contribution in [0.4, 0.5) is 0 Å². The first-order valence-electron chi connectivity index (χ1n) is 4.82. The zero-order valence-electron chi connectivity index (χ0n) is 8.13. The van der Waals surface area contributed by atoms with Crippen molar-refractivity contribution < 1.29 is 5.11 Å². The van der Waals surface area contributed by atoms with Crippen molar-refractivity contribution in [2.24, 2.45) is 0 Å². The van der Waals surface area contributed by atoms with E-state index in [2.05, 4.69) is 18.4 Å². The van der Waals surface area contributed by atoms with E-state index in [1.807, 2.05) is 6.20 Å². The maximum atomic E-state index is 8.58. The molecule has 0 aromatic heterocycles.